The van der Waals surface area contributed by atoms with Crippen LogP contribution in [0.4, 0.5) is 4.79 Å². The number of nitrogens with zero attached hydrogens (tertiary/aromatic N) is 1. The number of aliphatic hydroxyl groups excluding tert-OH is 3. The highest BCUT2D eigenvalue weighted by atomic mass is 32.2. The molecule has 2 aromatic rings. The van der Waals surface area contributed by atoms with Gasteiger partial charge >= 0.3 is 11.9 Å². The molecular formula is C25H30N2O10S. The number of rotatable bonds is 11. The molecule has 0 saturated carbocycles. The van der Waals surface area contributed by atoms with Crippen LogP contribution in [-0.4, -0.2) is 90.1 Å². The summed E-state index contributed by atoms with van der Waals surface area (Å²) in [6, 6.07) is 8.48. The van der Waals surface area contributed by atoms with Crippen LogP contribution in [0.3, 0.4) is 0 Å². The Hall–Kier alpha value is -3.23. The van der Waals surface area contributed by atoms with Crippen molar-refractivity contribution in [1.29, 1.82) is 0 Å². The quantitative estimate of drug-likeness (QED) is 0.227. The average Bonchev–Trinajstić information content (AvgIpc) is 2.93. The standard InChI is InChI=1S/C25H30N2O10S/c1-2-13-3-6-15(26-12-13)9-10-36-16-7-4-14(5-8-16)11-17(23(31)32)38-25(35)27-22-20(30)18(28)19(29)21(37-22)24(33)34/h3-8,12,17-22,28-30H,2,9-11H2,1H3,(H,27,35)(H,31,32)(H,33,34)/t17?,18-,19-,20+,21-,22+/m0/s1/i9D2,10D2. The molecule has 6 atom stereocenters. The topological polar surface area (TPSA) is 196 Å². The highest BCUT2D eigenvalue weighted by Gasteiger charge is 2.47. The number of hydrogen-bond donors (Lipinski definition) is 6. The molecule has 1 fully saturated rings. The molecule has 12 nitrogen and oxygen atoms in total. The summed E-state index contributed by atoms with van der Waals surface area (Å²) in [7, 11) is 0. The highest BCUT2D eigenvalue weighted by Crippen LogP contribution is 2.24. The van der Waals surface area contributed by atoms with E-state index in [9.17, 15) is 34.8 Å². The number of nitrogens with one attached hydrogen (secondary N) is 1. The van der Waals surface area contributed by atoms with Crippen molar-refractivity contribution in [3.05, 3.63) is 59.4 Å². The summed E-state index contributed by atoms with van der Waals surface area (Å²) < 4.78 is 43.2. The van der Waals surface area contributed by atoms with Gasteiger partial charge in [-0.1, -0.05) is 25.1 Å². The summed E-state index contributed by atoms with van der Waals surface area (Å²) in [5.74, 6) is -3.08. The van der Waals surface area contributed by atoms with Crippen molar-refractivity contribution in [2.24, 2.45) is 0 Å². The third-order valence-corrected chi connectivity index (χ3v) is 6.55. The van der Waals surface area contributed by atoms with Crippen molar-refractivity contribution in [3.63, 3.8) is 0 Å². The molecule has 1 aliphatic heterocycles. The van der Waals surface area contributed by atoms with Crippen LogP contribution in [-0.2, 0) is 33.5 Å². The lowest BCUT2D eigenvalue weighted by molar-refractivity contribution is -0.230. The van der Waals surface area contributed by atoms with E-state index in [2.05, 4.69) is 10.3 Å². The zero-order valence-corrected chi connectivity index (χ0v) is 20.9. The first-order valence-corrected chi connectivity index (χ1v) is 12.3. The van der Waals surface area contributed by atoms with Crippen molar-refractivity contribution in [3.8, 4) is 5.75 Å². The van der Waals surface area contributed by atoms with Gasteiger partial charge in [-0.3, -0.25) is 14.6 Å². The molecule has 2 heterocycles. The van der Waals surface area contributed by atoms with Crippen molar-refractivity contribution in [2.45, 2.75) is 62.0 Å². The second-order valence-electron chi connectivity index (χ2n) is 8.25. The zero-order chi connectivity index (χ0) is 31.4. The monoisotopic (exact) mass is 554 g/mol. The molecule has 206 valence electrons. The number of aryl methyl sites for hydroxylation is 2. The number of carboxylic acid groups (broad SMARTS) is 2. The first-order chi connectivity index (χ1) is 19.6. The van der Waals surface area contributed by atoms with Crippen LogP contribution in [0.15, 0.2) is 42.6 Å². The molecule has 1 amide bonds. The van der Waals surface area contributed by atoms with Gasteiger partial charge in [-0.25, -0.2) is 4.79 Å². The van der Waals surface area contributed by atoms with Gasteiger partial charge < -0.3 is 40.3 Å². The lowest BCUT2D eigenvalue weighted by atomic mass is 9.98. The summed E-state index contributed by atoms with van der Waals surface area (Å²) in [4.78, 5) is 39.6. The predicted molar refractivity (Wildman–Crippen MR) is 135 cm³/mol. The van der Waals surface area contributed by atoms with E-state index in [1.165, 1.54) is 36.5 Å². The molecule has 0 bridgehead atoms. The third-order valence-electron chi connectivity index (χ3n) is 5.57. The summed E-state index contributed by atoms with van der Waals surface area (Å²) in [5.41, 5.74) is 1.09. The Labute approximate surface area is 228 Å². The third kappa shape index (κ3) is 7.88. The lowest BCUT2D eigenvalue weighted by Crippen LogP contribution is -2.63. The second-order valence-corrected chi connectivity index (χ2v) is 9.42. The van der Waals surface area contributed by atoms with E-state index in [0.717, 1.165) is 5.56 Å². The van der Waals surface area contributed by atoms with Gasteiger partial charge in [-0.05, 0) is 53.9 Å². The molecule has 0 spiro atoms. The van der Waals surface area contributed by atoms with E-state index in [0.29, 0.717) is 23.7 Å². The molecule has 0 aliphatic carbocycles. The number of pyridine rings is 1. The van der Waals surface area contributed by atoms with Gasteiger partial charge in [0.1, 0.15) is 29.3 Å². The number of carboxylic acids is 2. The number of hydrogen-bond acceptors (Lipinski definition) is 10. The van der Waals surface area contributed by atoms with Crippen LogP contribution in [0.1, 0.15) is 29.2 Å². The molecule has 6 N–H and O–H groups in total. The smallest absolute Gasteiger partial charge is 0.335 e. The number of carbonyl (C=O) groups excluding carboxylic acids is 1. The SMILES string of the molecule is [2H]C([2H])(Oc1ccc(CC(SC(=O)N[C@@H]2O[C@H](C(=O)O)[C@@H](O)[C@H](O)[C@H]2O)C(=O)O)cc1)C([2H])([2H])c1ccc(CC)cn1. The fraction of sp³-hybridized carbons (Fsp3) is 0.440. The molecule has 3 rings (SSSR count). The van der Waals surface area contributed by atoms with E-state index in [4.69, 9.17) is 20.1 Å². The average molecular weight is 555 g/mol. The molecule has 1 aliphatic rings. The van der Waals surface area contributed by atoms with Crippen LogP contribution in [0.5, 0.6) is 5.75 Å². The fourth-order valence-electron chi connectivity index (χ4n) is 3.41. The summed E-state index contributed by atoms with van der Waals surface area (Å²) in [6.07, 6.45) is -10.2. The van der Waals surface area contributed by atoms with Crippen LogP contribution >= 0.6 is 11.8 Å². The second kappa shape index (κ2) is 13.5. The van der Waals surface area contributed by atoms with Crippen molar-refractivity contribution in [2.75, 3.05) is 6.56 Å². The van der Waals surface area contributed by atoms with E-state index in [-0.39, 0.29) is 17.9 Å². The molecule has 0 radical (unpaired) electrons. The van der Waals surface area contributed by atoms with Crippen molar-refractivity contribution in [1.82, 2.24) is 10.3 Å². The molecule has 13 heteroatoms. The normalized spacial score (nSPS) is 26.2. The van der Waals surface area contributed by atoms with E-state index in [1.807, 2.05) is 6.92 Å². The van der Waals surface area contributed by atoms with Gasteiger partial charge in [0, 0.05) is 21.0 Å². The largest absolute Gasteiger partial charge is 0.493 e. The van der Waals surface area contributed by atoms with Crippen LogP contribution in [0.2, 0.25) is 0 Å². The number of ether oxygens (including phenoxy) is 2. The van der Waals surface area contributed by atoms with Gasteiger partial charge in [0.15, 0.2) is 12.3 Å². The number of carbonyl (C=O) groups is 3. The van der Waals surface area contributed by atoms with E-state index < -0.39 is 66.0 Å². The summed E-state index contributed by atoms with van der Waals surface area (Å²) >= 11 is 0.293. The maximum Gasteiger partial charge on any atom is 0.335 e. The van der Waals surface area contributed by atoms with Gasteiger partial charge in [0.2, 0.25) is 0 Å². The number of aromatic nitrogens is 1. The lowest BCUT2D eigenvalue weighted by Gasteiger charge is -2.38. The molecule has 38 heavy (non-hydrogen) atoms. The Morgan fingerprint density at radius 1 is 1.08 bits per heavy atom. The summed E-state index contributed by atoms with van der Waals surface area (Å²) in [6.45, 7) is -0.931. The van der Waals surface area contributed by atoms with E-state index >= 15 is 0 Å². The number of thioether (sulfide) groups is 1. The van der Waals surface area contributed by atoms with Gasteiger partial charge in [-0.2, -0.15) is 0 Å². The summed E-state index contributed by atoms with van der Waals surface area (Å²) in [5, 5.41) is 48.1. The Morgan fingerprint density at radius 3 is 2.34 bits per heavy atom. The first kappa shape index (κ1) is 23.9. The molecular weight excluding hydrogens is 520 g/mol. The van der Waals surface area contributed by atoms with Crippen LogP contribution < -0.4 is 10.1 Å². The van der Waals surface area contributed by atoms with Gasteiger partial charge in [0.05, 0.1) is 9.30 Å². The number of aliphatic hydroxyl groups is 3. The highest BCUT2D eigenvalue weighted by molar-refractivity contribution is 8.14. The Kier molecular flexibility index (Phi) is 8.49. The van der Waals surface area contributed by atoms with Crippen LogP contribution in [0.25, 0.3) is 0 Å². The fourth-order valence-corrected chi connectivity index (χ4v) is 4.23. The predicted octanol–water partition coefficient (Wildman–Crippen LogP) is 0.596. The van der Waals surface area contributed by atoms with Gasteiger partial charge in [-0.15, -0.1) is 0 Å². The minimum absolute atomic E-state index is 0.0489. The molecule has 1 aromatic carbocycles. The van der Waals surface area contributed by atoms with Crippen molar-refractivity contribution < 1.29 is 54.9 Å². The number of amides is 1. The zero-order valence-electron chi connectivity index (χ0n) is 24.1. The Bertz CT molecular complexity index is 1270. The van der Waals surface area contributed by atoms with Crippen molar-refractivity contribution >= 4 is 28.9 Å². The number of aliphatic carboxylic acids is 2. The van der Waals surface area contributed by atoms with Gasteiger partial charge in [0.25, 0.3) is 5.24 Å². The minimum atomic E-state index is -2.83. The molecule has 1 saturated heterocycles. The molecule has 1 unspecified atom stereocenters. The van der Waals surface area contributed by atoms with Crippen LogP contribution in [0, 0.1) is 0 Å². The minimum Gasteiger partial charge on any atom is -0.493 e. The Balaban J connectivity index is 1.64. The number of benzene rings is 1. The maximum absolute atomic E-state index is 12.5. The Morgan fingerprint density at radius 2 is 1.76 bits per heavy atom. The van der Waals surface area contributed by atoms with E-state index in [1.54, 1.807) is 6.07 Å². The first-order valence-electron chi connectivity index (χ1n) is 13.4. The maximum atomic E-state index is 12.5. The molecule has 1 aromatic heterocycles.